The van der Waals surface area contributed by atoms with Crippen LogP contribution in [0, 0.1) is 11.7 Å². The lowest BCUT2D eigenvalue weighted by Crippen LogP contribution is -2.53. The molecule has 1 saturated heterocycles. The normalized spacial score (nSPS) is 14.4. The van der Waals surface area contributed by atoms with Crippen LogP contribution < -0.4 is 5.32 Å². The topological polar surface area (TPSA) is 69.7 Å². The van der Waals surface area contributed by atoms with E-state index in [-0.39, 0.29) is 18.3 Å². The van der Waals surface area contributed by atoms with Gasteiger partial charge in [-0.2, -0.15) is 0 Å². The zero-order valence-corrected chi connectivity index (χ0v) is 17.2. The summed E-state index contributed by atoms with van der Waals surface area (Å²) >= 11 is 0. The highest BCUT2D eigenvalue weighted by Crippen LogP contribution is 2.15. The van der Waals surface area contributed by atoms with Gasteiger partial charge in [0.1, 0.15) is 5.82 Å². The Balaban J connectivity index is 1.56. The molecular weight excluding hydrogens is 385 g/mol. The van der Waals surface area contributed by atoms with Crippen LogP contribution in [0.5, 0.6) is 0 Å². The standard InChI is InChI=1S/C23H26FN3O3/c1-16(2)13-25-21(28)19-7-3-17(4-8-19)14-26-11-12-27(23(30)22(26)29)15-18-5-9-20(24)10-6-18/h3-10,16H,11-15H2,1-2H3,(H,25,28). The lowest BCUT2D eigenvalue weighted by atomic mass is 10.1. The van der Waals surface area contributed by atoms with Crippen LogP contribution in [0.25, 0.3) is 0 Å². The van der Waals surface area contributed by atoms with E-state index in [4.69, 9.17) is 0 Å². The number of halogens is 1. The summed E-state index contributed by atoms with van der Waals surface area (Å²) in [4.78, 5) is 40.1. The number of nitrogens with one attached hydrogen (secondary N) is 1. The van der Waals surface area contributed by atoms with Crippen molar-refractivity contribution in [1.82, 2.24) is 15.1 Å². The van der Waals surface area contributed by atoms with Gasteiger partial charge in [-0.05, 0) is 41.3 Å². The molecule has 1 N–H and O–H groups in total. The van der Waals surface area contributed by atoms with E-state index < -0.39 is 11.8 Å². The monoisotopic (exact) mass is 411 g/mol. The van der Waals surface area contributed by atoms with Crippen LogP contribution in [0.3, 0.4) is 0 Å². The molecule has 2 aromatic rings. The second-order valence-corrected chi connectivity index (χ2v) is 7.88. The SMILES string of the molecule is CC(C)CNC(=O)c1ccc(CN2CCN(Cc3ccc(F)cc3)C(=O)C2=O)cc1. The van der Waals surface area contributed by atoms with Crippen molar-refractivity contribution in [2.24, 2.45) is 5.92 Å². The average Bonchev–Trinajstić information content (AvgIpc) is 2.73. The van der Waals surface area contributed by atoms with Gasteiger partial charge < -0.3 is 15.1 Å². The summed E-state index contributed by atoms with van der Waals surface area (Å²) in [6.07, 6.45) is 0. The van der Waals surface area contributed by atoms with E-state index in [1.54, 1.807) is 36.4 Å². The molecule has 0 saturated carbocycles. The Labute approximate surface area is 175 Å². The minimum atomic E-state index is -0.560. The molecule has 0 radical (unpaired) electrons. The van der Waals surface area contributed by atoms with E-state index in [0.29, 0.717) is 37.7 Å². The highest BCUT2D eigenvalue weighted by molar-refractivity contribution is 6.35. The largest absolute Gasteiger partial charge is 0.352 e. The van der Waals surface area contributed by atoms with E-state index in [2.05, 4.69) is 5.32 Å². The third-order valence-electron chi connectivity index (χ3n) is 4.94. The highest BCUT2D eigenvalue weighted by atomic mass is 19.1. The molecule has 7 heteroatoms. The van der Waals surface area contributed by atoms with Crippen molar-refractivity contribution in [3.8, 4) is 0 Å². The number of nitrogens with zero attached hydrogens (tertiary/aromatic N) is 2. The molecule has 3 rings (SSSR count). The first-order chi connectivity index (χ1) is 14.3. The van der Waals surface area contributed by atoms with Gasteiger partial charge in [-0.3, -0.25) is 14.4 Å². The molecule has 30 heavy (non-hydrogen) atoms. The average molecular weight is 411 g/mol. The van der Waals surface area contributed by atoms with E-state index in [0.717, 1.165) is 11.1 Å². The predicted molar refractivity (Wildman–Crippen MR) is 111 cm³/mol. The molecule has 0 bridgehead atoms. The first-order valence-electron chi connectivity index (χ1n) is 10.0. The molecule has 0 unspecified atom stereocenters. The summed E-state index contributed by atoms with van der Waals surface area (Å²) < 4.78 is 13.0. The summed E-state index contributed by atoms with van der Waals surface area (Å²) in [5.41, 5.74) is 2.19. The number of amides is 3. The van der Waals surface area contributed by atoms with Crippen LogP contribution in [0.1, 0.15) is 35.3 Å². The molecular formula is C23H26FN3O3. The van der Waals surface area contributed by atoms with Gasteiger partial charge in [0.15, 0.2) is 0 Å². The smallest absolute Gasteiger partial charge is 0.312 e. The summed E-state index contributed by atoms with van der Waals surface area (Å²) in [7, 11) is 0. The molecule has 6 nitrogen and oxygen atoms in total. The van der Waals surface area contributed by atoms with Crippen molar-refractivity contribution < 1.29 is 18.8 Å². The lowest BCUT2D eigenvalue weighted by molar-refractivity contribution is -0.156. The number of rotatable bonds is 7. The van der Waals surface area contributed by atoms with E-state index in [9.17, 15) is 18.8 Å². The quantitative estimate of drug-likeness (QED) is 0.712. The highest BCUT2D eigenvalue weighted by Gasteiger charge is 2.32. The number of carbonyl (C=O) groups excluding carboxylic acids is 3. The summed E-state index contributed by atoms with van der Waals surface area (Å²) in [5.74, 6) is -1.21. The van der Waals surface area contributed by atoms with Gasteiger partial charge >= 0.3 is 11.8 Å². The lowest BCUT2D eigenvalue weighted by Gasteiger charge is -2.33. The second kappa shape index (κ2) is 9.52. The van der Waals surface area contributed by atoms with Gasteiger partial charge in [-0.1, -0.05) is 38.1 Å². The molecule has 1 aliphatic rings. The Bertz CT molecular complexity index is 910. The van der Waals surface area contributed by atoms with Crippen molar-refractivity contribution in [1.29, 1.82) is 0 Å². The zero-order valence-electron chi connectivity index (χ0n) is 17.2. The Kier molecular flexibility index (Phi) is 6.82. The Morgan fingerprint density at radius 3 is 1.83 bits per heavy atom. The Hall–Kier alpha value is -3.22. The summed E-state index contributed by atoms with van der Waals surface area (Å²) in [6, 6.07) is 12.9. The van der Waals surface area contributed by atoms with Gasteiger partial charge in [0.2, 0.25) is 0 Å². The van der Waals surface area contributed by atoms with Gasteiger partial charge in [0.05, 0.1) is 0 Å². The summed E-state index contributed by atoms with van der Waals surface area (Å²) in [5, 5.41) is 2.87. The molecule has 0 aliphatic carbocycles. The van der Waals surface area contributed by atoms with Crippen LogP contribution in [0.4, 0.5) is 4.39 Å². The first kappa shape index (κ1) is 21.5. The van der Waals surface area contributed by atoms with Crippen LogP contribution in [-0.4, -0.2) is 47.2 Å². The molecule has 0 spiro atoms. The maximum Gasteiger partial charge on any atom is 0.312 e. The number of carbonyl (C=O) groups is 3. The van der Waals surface area contributed by atoms with Crippen molar-refractivity contribution in [3.05, 3.63) is 71.0 Å². The number of hydrogen-bond donors (Lipinski definition) is 1. The molecule has 0 atom stereocenters. The van der Waals surface area contributed by atoms with E-state index in [1.807, 2.05) is 13.8 Å². The van der Waals surface area contributed by atoms with Gasteiger partial charge in [0.25, 0.3) is 5.91 Å². The van der Waals surface area contributed by atoms with Crippen molar-refractivity contribution >= 4 is 17.7 Å². The second-order valence-electron chi connectivity index (χ2n) is 7.88. The first-order valence-corrected chi connectivity index (χ1v) is 10.0. The molecule has 1 heterocycles. The van der Waals surface area contributed by atoms with Crippen molar-refractivity contribution in [2.45, 2.75) is 26.9 Å². The molecule has 1 aliphatic heterocycles. The fourth-order valence-corrected chi connectivity index (χ4v) is 3.21. The molecule has 3 amide bonds. The maximum absolute atomic E-state index is 13.0. The Morgan fingerprint density at radius 2 is 1.37 bits per heavy atom. The van der Waals surface area contributed by atoms with E-state index >= 15 is 0 Å². The third-order valence-corrected chi connectivity index (χ3v) is 4.94. The van der Waals surface area contributed by atoms with Crippen LogP contribution >= 0.6 is 0 Å². The van der Waals surface area contributed by atoms with Crippen LogP contribution in [-0.2, 0) is 22.7 Å². The van der Waals surface area contributed by atoms with Gasteiger partial charge in [0, 0.05) is 38.3 Å². The fraction of sp³-hybridized carbons (Fsp3) is 0.348. The molecule has 0 aromatic heterocycles. The number of piperazine rings is 1. The maximum atomic E-state index is 13.0. The third kappa shape index (κ3) is 5.43. The minimum Gasteiger partial charge on any atom is -0.352 e. The van der Waals surface area contributed by atoms with Crippen molar-refractivity contribution in [3.63, 3.8) is 0 Å². The number of hydrogen-bond acceptors (Lipinski definition) is 3. The van der Waals surface area contributed by atoms with Gasteiger partial charge in [-0.25, -0.2) is 4.39 Å². The van der Waals surface area contributed by atoms with Crippen molar-refractivity contribution in [2.75, 3.05) is 19.6 Å². The summed E-state index contributed by atoms with van der Waals surface area (Å²) in [6.45, 7) is 6.09. The van der Waals surface area contributed by atoms with Crippen LogP contribution in [0.2, 0.25) is 0 Å². The van der Waals surface area contributed by atoms with Gasteiger partial charge in [-0.15, -0.1) is 0 Å². The Morgan fingerprint density at radius 1 is 0.900 bits per heavy atom. The van der Waals surface area contributed by atoms with Crippen LogP contribution in [0.15, 0.2) is 48.5 Å². The fourth-order valence-electron chi connectivity index (χ4n) is 3.21. The predicted octanol–water partition coefficient (Wildman–Crippen LogP) is 2.58. The number of benzene rings is 2. The van der Waals surface area contributed by atoms with E-state index in [1.165, 1.54) is 21.9 Å². The molecule has 2 aromatic carbocycles. The zero-order chi connectivity index (χ0) is 21.7. The molecule has 1 fully saturated rings. The molecule has 158 valence electrons. The minimum absolute atomic E-state index is 0.129.